The molecule has 1 aromatic carbocycles. The standard InChI is InChI=1S/C17H22FN3O2/c1-2-3-4-16(17(22)23)19-9-14-10-20-21(12-14)11-13-5-7-15(18)8-6-13/h5-8,10,12,16,19H,2-4,9,11H2,1H3,(H,22,23)/t16-/m0/s1. The highest BCUT2D eigenvalue weighted by Crippen LogP contribution is 2.07. The summed E-state index contributed by atoms with van der Waals surface area (Å²) in [6, 6.07) is 5.76. The molecule has 0 amide bonds. The molecule has 2 rings (SSSR count). The van der Waals surface area contributed by atoms with Gasteiger partial charge in [0, 0.05) is 18.3 Å². The minimum absolute atomic E-state index is 0.258. The third kappa shape index (κ3) is 5.49. The number of hydrogen-bond acceptors (Lipinski definition) is 3. The largest absolute Gasteiger partial charge is 0.480 e. The third-order valence-corrected chi connectivity index (χ3v) is 3.64. The SMILES string of the molecule is CCCC[C@H](NCc1cnn(Cc2ccc(F)cc2)c1)C(=O)O. The molecule has 0 radical (unpaired) electrons. The fourth-order valence-electron chi connectivity index (χ4n) is 2.32. The molecule has 0 saturated carbocycles. The van der Waals surface area contributed by atoms with Crippen LogP contribution in [-0.2, 0) is 17.9 Å². The number of hydrogen-bond donors (Lipinski definition) is 2. The first-order valence-electron chi connectivity index (χ1n) is 7.80. The molecule has 6 heteroatoms. The Bertz CT molecular complexity index is 625. The Morgan fingerprint density at radius 2 is 2.09 bits per heavy atom. The van der Waals surface area contributed by atoms with Gasteiger partial charge in [-0.05, 0) is 24.1 Å². The summed E-state index contributed by atoms with van der Waals surface area (Å²) >= 11 is 0. The van der Waals surface area contributed by atoms with Crippen LogP contribution in [0, 0.1) is 5.82 Å². The van der Waals surface area contributed by atoms with E-state index < -0.39 is 12.0 Å². The van der Waals surface area contributed by atoms with Gasteiger partial charge in [0.1, 0.15) is 11.9 Å². The molecule has 0 aliphatic heterocycles. The van der Waals surface area contributed by atoms with Crippen LogP contribution in [-0.4, -0.2) is 26.9 Å². The minimum atomic E-state index is -0.822. The van der Waals surface area contributed by atoms with Gasteiger partial charge in [-0.2, -0.15) is 5.10 Å². The first-order valence-corrected chi connectivity index (χ1v) is 7.80. The van der Waals surface area contributed by atoms with Gasteiger partial charge >= 0.3 is 5.97 Å². The molecular weight excluding hydrogens is 297 g/mol. The monoisotopic (exact) mass is 319 g/mol. The summed E-state index contributed by atoms with van der Waals surface area (Å²) in [6.07, 6.45) is 6.06. The van der Waals surface area contributed by atoms with Gasteiger partial charge in [0.15, 0.2) is 0 Å². The van der Waals surface area contributed by atoms with Crippen LogP contribution in [0.25, 0.3) is 0 Å². The Morgan fingerprint density at radius 1 is 1.35 bits per heavy atom. The molecule has 5 nitrogen and oxygen atoms in total. The number of benzene rings is 1. The Balaban J connectivity index is 1.88. The molecule has 0 bridgehead atoms. The van der Waals surface area contributed by atoms with E-state index in [4.69, 9.17) is 0 Å². The average molecular weight is 319 g/mol. The summed E-state index contributed by atoms with van der Waals surface area (Å²) in [5, 5.41) is 16.5. The van der Waals surface area contributed by atoms with Crippen LogP contribution in [0.5, 0.6) is 0 Å². The van der Waals surface area contributed by atoms with Crippen LogP contribution in [0.2, 0.25) is 0 Å². The van der Waals surface area contributed by atoms with Gasteiger partial charge < -0.3 is 10.4 Å². The number of carboxylic acid groups (broad SMARTS) is 1. The number of halogens is 1. The quantitative estimate of drug-likeness (QED) is 0.746. The second kappa shape index (κ2) is 8.43. The van der Waals surface area contributed by atoms with Crippen molar-refractivity contribution in [3.05, 3.63) is 53.6 Å². The van der Waals surface area contributed by atoms with Crippen molar-refractivity contribution >= 4 is 5.97 Å². The molecule has 0 saturated heterocycles. The first kappa shape index (κ1) is 17.1. The van der Waals surface area contributed by atoms with Gasteiger partial charge in [-0.3, -0.25) is 9.48 Å². The van der Waals surface area contributed by atoms with Gasteiger partial charge in [-0.25, -0.2) is 4.39 Å². The summed E-state index contributed by atoms with van der Waals surface area (Å²) in [6.45, 7) is 3.06. The van der Waals surface area contributed by atoms with Crippen LogP contribution < -0.4 is 5.32 Å². The van der Waals surface area contributed by atoms with Crippen LogP contribution in [0.15, 0.2) is 36.7 Å². The smallest absolute Gasteiger partial charge is 0.320 e. The van der Waals surface area contributed by atoms with Gasteiger partial charge in [-0.1, -0.05) is 31.9 Å². The van der Waals surface area contributed by atoms with Gasteiger partial charge in [0.05, 0.1) is 12.7 Å². The molecule has 0 unspecified atom stereocenters. The van der Waals surface area contributed by atoms with Crippen molar-refractivity contribution in [2.24, 2.45) is 0 Å². The highest BCUT2D eigenvalue weighted by atomic mass is 19.1. The van der Waals surface area contributed by atoms with Crippen molar-refractivity contribution in [1.29, 1.82) is 0 Å². The third-order valence-electron chi connectivity index (χ3n) is 3.64. The number of unbranched alkanes of at least 4 members (excludes halogenated alkanes) is 1. The Morgan fingerprint density at radius 3 is 2.74 bits per heavy atom. The molecule has 0 spiro atoms. The Hall–Kier alpha value is -2.21. The second-order valence-corrected chi connectivity index (χ2v) is 5.59. The molecular formula is C17H22FN3O2. The average Bonchev–Trinajstić information content (AvgIpc) is 2.97. The fraction of sp³-hybridized carbons (Fsp3) is 0.412. The molecule has 1 heterocycles. The van der Waals surface area contributed by atoms with Gasteiger partial charge in [0.2, 0.25) is 0 Å². The maximum Gasteiger partial charge on any atom is 0.320 e. The van der Waals surface area contributed by atoms with E-state index in [9.17, 15) is 14.3 Å². The van der Waals surface area contributed by atoms with E-state index in [0.29, 0.717) is 19.5 Å². The lowest BCUT2D eigenvalue weighted by molar-refractivity contribution is -0.139. The fourth-order valence-corrected chi connectivity index (χ4v) is 2.32. The van der Waals surface area contributed by atoms with Crippen LogP contribution in [0.4, 0.5) is 4.39 Å². The number of nitrogens with zero attached hydrogens (tertiary/aromatic N) is 2. The van der Waals surface area contributed by atoms with Crippen LogP contribution >= 0.6 is 0 Å². The molecule has 0 aliphatic carbocycles. The van der Waals surface area contributed by atoms with Crippen molar-refractivity contribution in [1.82, 2.24) is 15.1 Å². The van der Waals surface area contributed by atoms with E-state index in [1.807, 2.05) is 13.1 Å². The van der Waals surface area contributed by atoms with E-state index in [2.05, 4.69) is 10.4 Å². The molecule has 124 valence electrons. The zero-order chi connectivity index (χ0) is 16.7. The van der Waals surface area contributed by atoms with Crippen molar-refractivity contribution in [2.75, 3.05) is 0 Å². The normalized spacial score (nSPS) is 12.3. The lowest BCUT2D eigenvalue weighted by Gasteiger charge is -2.13. The number of rotatable bonds is 9. The summed E-state index contributed by atoms with van der Waals surface area (Å²) < 4.78 is 14.6. The van der Waals surface area contributed by atoms with E-state index in [1.165, 1.54) is 12.1 Å². The maximum atomic E-state index is 12.9. The van der Waals surface area contributed by atoms with E-state index in [-0.39, 0.29) is 5.82 Å². The summed E-state index contributed by atoms with van der Waals surface area (Å²) in [5.74, 6) is -1.08. The van der Waals surface area contributed by atoms with E-state index >= 15 is 0 Å². The molecule has 23 heavy (non-hydrogen) atoms. The van der Waals surface area contributed by atoms with Crippen LogP contribution in [0.1, 0.15) is 37.3 Å². The second-order valence-electron chi connectivity index (χ2n) is 5.59. The van der Waals surface area contributed by atoms with E-state index in [0.717, 1.165) is 24.0 Å². The van der Waals surface area contributed by atoms with E-state index in [1.54, 1.807) is 23.0 Å². The molecule has 0 fully saturated rings. The molecule has 2 aromatic rings. The first-order chi connectivity index (χ1) is 11.1. The lowest BCUT2D eigenvalue weighted by Crippen LogP contribution is -2.36. The predicted octanol–water partition coefficient (Wildman–Crippen LogP) is 2.80. The minimum Gasteiger partial charge on any atom is -0.480 e. The highest BCUT2D eigenvalue weighted by Gasteiger charge is 2.15. The number of aliphatic carboxylic acids is 1. The predicted molar refractivity (Wildman–Crippen MR) is 85.5 cm³/mol. The van der Waals surface area contributed by atoms with Gasteiger partial charge in [0.25, 0.3) is 0 Å². The number of carbonyl (C=O) groups is 1. The molecule has 1 atom stereocenters. The topological polar surface area (TPSA) is 67.2 Å². The molecule has 0 aliphatic rings. The lowest BCUT2D eigenvalue weighted by atomic mass is 10.1. The zero-order valence-corrected chi connectivity index (χ0v) is 13.2. The number of nitrogens with one attached hydrogen (secondary N) is 1. The number of carboxylic acids is 1. The summed E-state index contributed by atoms with van der Waals surface area (Å²) in [7, 11) is 0. The number of aromatic nitrogens is 2. The van der Waals surface area contributed by atoms with Crippen molar-refractivity contribution in [3.63, 3.8) is 0 Å². The van der Waals surface area contributed by atoms with Gasteiger partial charge in [-0.15, -0.1) is 0 Å². The Kier molecular flexibility index (Phi) is 6.29. The van der Waals surface area contributed by atoms with Crippen molar-refractivity contribution in [2.45, 2.75) is 45.3 Å². The zero-order valence-electron chi connectivity index (χ0n) is 13.2. The molecule has 2 N–H and O–H groups in total. The summed E-state index contributed by atoms with van der Waals surface area (Å²) in [5.41, 5.74) is 1.88. The highest BCUT2D eigenvalue weighted by molar-refractivity contribution is 5.73. The van der Waals surface area contributed by atoms with Crippen LogP contribution in [0.3, 0.4) is 0 Å². The molecule has 1 aromatic heterocycles. The maximum absolute atomic E-state index is 12.9. The summed E-state index contributed by atoms with van der Waals surface area (Å²) in [4.78, 5) is 11.2. The van der Waals surface area contributed by atoms with Crippen molar-refractivity contribution in [3.8, 4) is 0 Å². The van der Waals surface area contributed by atoms with Crippen molar-refractivity contribution < 1.29 is 14.3 Å². The Labute approximate surface area is 135 Å².